The van der Waals surface area contributed by atoms with E-state index >= 15 is 0 Å². The Morgan fingerprint density at radius 1 is 0.941 bits per heavy atom. The molecule has 1 aromatic heterocycles. The summed E-state index contributed by atoms with van der Waals surface area (Å²) in [6.45, 7) is 2.41. The second-order valence-electron chi connectivity index (χ2n) is 11.3. The van der Waals surface area contributed by atoms with Gasteiger partial charge in [-0.3, -0.25) is 9.69 Å². The number of rotatable bonds is 6. The average Bonchev–Trinajstić information content (AvgIpc) is 3.20. The number of hydrogen-bond acceptors (Lipinski definition) is 5. The van der Waals surface area contributed by atoms with E-state index in [9.17, 15) is 4.79 Å². The Bertz CT molecular complexity index is 993. The number of benzene rings is 1. The minimum atomic E-state index is -0.226. The predicted molar refractivity (Wildman–Crippen MR) is 135 cm³/mol. The fourth-order valence-corrected chi connectivity index (χ4v) is 8.04. The largest absolute Gasteiger partial charge is 0.465 e. The molecule has 4 aliphatic rings. The van der Waals surface area contributed by atoms with Crippen molar-refractivity contribution in [2.24, 2.45) is 11.8 Å². The van der Waals surface area contributed by atoms with Gasteiger partial charge in [0.05, 0.1) is 17.6 Å². The number of hydrogen-bond donors (Lipinski definition) is 1. The molecule has 6 nitrogen and oxygen atoms in total. The van der Waals surface area contributed by atoms with Crippen LogP contribution in [0.15, 0.2) is 24.3 Å². The highest BCUT2D eigenvalue weighted by Gasteiger charge is 2.45. The van der Waals surface area contributed by atoms with E-state index < -0.39 is 0 Å². The first kappa shape index (κ1) is 22.4. The van der Waals surface area contributed by atoms with E-state index in [4.69, 9.17) is 9.72 Å². The van der Waals surface area contributed by atoms with Crippen molar-refractivity contribution in [1.29, 1.82) is 0 Å². The quantitative estimate of drug-likeness (QED) is 0.569. The molecule has 1 N–H and O–H groups in total. The highest BCUT2D eigenvalue weighted by Crippen LogP contribution is 2.48. The highest BCUT2D eigenvalue weighted by atomic mass is 16.5. The number of ether oxygens (including phenoxy) is 1. The van der Waals surface area contributed by atoms with Gasteiger partial charge in [0, 0.05) is 24.2 Å². The monoisotopic (exact) mass is 464 g/mol. The van der Waals surface area contributed by atoms with E-state index in [0.717, 1.165) is 29.3 Å². The number of esters is 1. The zero-order chi connectivity index (χ0) is 23.1. The molecule has 6 atom stereocenters. The summed E-state index contributed by atoms with van der Waals surface area (Å²) in [5.74, 6) is 2.55. The van der Waals surface area contributed by atoms with Crippen LogP contribution in [-0.2, 0) is 9.53 Å². The number of carbonyl (C=O) groups excluding carboxylic acids is 1. The van der Waals surface area contributed by atoms with Gasteiger partial charge in [-0.25, -0.2) is 4.98 Å². The number of nitrogens with one attached hydrogen (secondary N) is 1. The summed E-state index contributed by atoms with van der Waals surface area (Å²) in [5.41, 5.74) is 2.18. The van der Waals surface area contributed by atoms with Gasteiger partial charge in [-0.05, 0) is 75.8 Å². The van der Waals surface area contributed by atoms with Crippen LogP contribution in [0.2, 0.25) is 0 Å². The van der Waals surface area contributed by atoms with Crippen molar-refractivity contribution < 1.29 is 9.53 Å². The first-order chi connectivity index (χ1) is 16.7. The van der Waals surface area contributed by atoms with Gasteiger partial charge < -0.3 is 14.6 Å². The highest BCUT2D eigenvalue weighted by molar-refractivity contribution is 5.80. The molecule has 184 valence electrons. The molecule has 2 aliphatic heterocycles. The molecule has 34 heavy (non-hydrogen) atoms. The zero-order valence-electron chi connectivity index (χ0n) is 20.6. The van der Waals surface area contributed by atoms with Crippen LogP contribution in [-0.4, -0.2) is 51.7 Å². The Kier molecular flexibility index (Phi) is 6.27. The van der Waals surface area contributed by atoms with E-state index in [1.165, 1.54) is 76.1 Å². The molecule has 4 fully saturated rings. The molecule has 6 heteroatoms. The summed E-state index contributed by atoms with van der Waals surface area (Å²) in [4.78, 5) is 20.0. The van der Waals surface area contributed by atoms with E-state index in [1.54, 1.807) is 0 Å². The van der Waals surface area contributed by atoms with Crippen LogP contribution >= 0.6 is 0 Å². The molecular formula is C28H40N4O2. The average molecular weight is 465 g/mol. The molecule has 2 saturated heterocycles. The van der Waals surface area contributed by atoms with Gasteiger partial charge in [0.2, 0.25) is 5.95 Å². The second-order valence-corrected chi connectivity index (χ2v) is 11.3. The number of nitrogens with zero attached hydrogens (tertiary/aromatic N) is 3. The fourth-order valence-electron chi connectivity index (χ4n) is 8.04. The first-order valence-corrected chi connectivity index (χ1v) is 13.8. The Morgan fingerprint density at radius 2 is 1.65 bits per heavy atom. The lowest BCUT2D eigenvalue weighted by Gasteiger charge is -2.55. The van der Waals surface area contributed by atoms with Crippen molar-refractivity contribution in [3.05, 3.63) is 24.3 Å². The summed E-state index contributed by atoms with van der Waals surface area (Å²) in [6.07, 6.45) is 15.2. The van der Waals surface area contributed by atoms with Gasteiger partial charge in [-0.1, -0.05) is 37.8 Å². The third-order valence-corrected chi connectivity index (χ3v) is 9.19. The molecule has 2 unspecified atom stereocenters. The molecule has 2 aromatic rings. The summed E-state index contributed by atoms with van der Waals surface area (Å²) >= 11 is 0. The number of aromatic nitrogens is 2. The molecule has 0 radical (unpaired) electrons. The minimum Gasteiger partial charge on any atom is -0.465 e. The molecule has 1 aromatic carbocycles. The molecule has 2 aliphatic carbocycles. The third kappa shape index (κ3) is 4.23. The Hall–Kier alpha value is -2.08. The predicted octanol–water partition coefficient (Wildman–Crippen LogP) is 5.54. The maximum absolute atomic E-state index is 12.1. The standard InChI is InChI=1S/C28H40N4O2/c1-2-34-27(33)18-29-28-30-25-11-3-4-12-26(25)32(28)24-16-21-9-6-10-22(17-24)31(21)23-14-19-7-5-8-20(13-19)15-23/h3-4,11-12,19-24H,2,5-10,13-18H2,1H3,(H,29,30)/t19-,20+,21-,22+,23?,24?. The molecular weight excluding hydrogens is 424 g/mol. The molecule has 6 rings (SSSR count). The fraction of sp³-hybridized carbons (Fsp3) is 0.714. The van der Waals surface area contributed by atoms with Gasteiger partial charge in [0.1, 0.15) is 6.54 Å². The second kappa shape index (κ2) is 9.52. The van der Waals surface area contributed by atoms with Crippen molar-refractivity contribution in [3.8, 4) is 0 Å². The number of anilines is 1. The van der Waals surface area contributed by atoms with Gasteiger partial charge in [0.15, 0.2) is 0 Å². The number of fused-ring (bicyclic) bond motifs is 5. The van der Waals surface area contributed by atoms with Crippen molar-refractivity contribution in [2.75, 3.05) is 18.5 Å². The van der Waals surface area contributed by atoms with Crippen LogP contribution in [0.1, 0.15) is 83.6 Å². The summed E-state index contributed by atoms with van der Waals surface area (Å²) in [5, 5.41) is 3.32. The Labute approximate surface area is 203 Å². The van der Waals surface area contributed by atoms with Gasteiger partial charge >= 0.3 is 5.97 Å². The van der Waals surface area contributed by atoms with Crippen LogP contribution in [0.3, 0.4) is 0 Å². The van der Waals surface area contributed by atoms with E-state index in [1.807, 2.05) is 13.0 Å². The maximum Gasteiger partial charge on any atom is 0.325 e. The van der Waals surface area contributed by atoms with Crippen molar-refractivity contribution in [1.82, 2.24) is 14.5 Å². The van der Waals surface area contributed by atoms with Crippen molar-refractivity contribution in [3.63, 3.8) is 0 Å². The van der Waals surface area contributed by atoms with Gasteiger partial charge in [-0.15, -0.1) is 0 Å². The zero-order valence-corrected chi connectivity index (χ0v) is 20.6. The van der Waals surface area contributed by atoms with Crippen LogP contribution in [0.4, 0.5) is 5.95 Å². The smallest absolute Gasteiger partial charge is 0.325 e. The number of piperidine rings is 2. The van der Waals surface area contributed by atoms with E-state index in [0.29, 0.717) is 24.7 Å². The number of imidazole rings is 1. The molecule has 2 saturated carbocycles. The van der Waals surface area contributed by atoms with E-state index in [-0.39, 0.29) is 12.5 Å². The molecule has 3 heterocycles. The lowest BCUT2D eigenvalue weighted by Crippen LogP contribution is -2.58. The Morgan fingerprint density at radius 3 is 2.38 bits per heavy atom. The van der Waals surface area contributed by atoms with Crippen LogP contribution in [0.25, 0.3) is 11.0 Å². The number of para-hydroxylation sites is 2. The van der Waals surface area contributed by atoms with Crippen molar-refractivity contribution in [2.45, 2.75) is 102 Å². The lowest BCUT2D eigenvalue weighted by atomic mass is 9.68. The SMILES string of the molecule is CCOC(=O)CNc1nc2ccccc2n1C1C[C@H]2CCC[C@@H](C1)N2C1C[C@H]2CCC[C@@H](C1)C2. The molecule has 0 amide bonds. The van der Waals surface area contributed by atoms with Gasteiger partial charge in [-0.2, -0.15) is 0 Å². The molecule has 4 bridgehead atoms. The first-order valence-electron chi connectivity index (χ1n) is 13.8. The van der Waals surface area contributed by atoms with Crippen LogP contribution < -0.4 is 5.32 Å². The van der Waals surface area contributed by atoms with E-state index in [2.05, 4.69) is 33.0 Å². The molecule has 0 spiro atoms. The van der Waals surface area contributed by atoms with Gasteiger partial charge in [0.25, 0.3) is 0 Å². The third-order valence-electron chi connectivity index (χ3n) is 9.19. The summed E-state index contributed by atoms with van der Waals surface area (Å²) in [6, 6.07) is 11.0. The Balaban J connectivity index is 1.25. The maximum atomic E-state index is 12.1. The number of carbonyl (C=O) groups is 1. The van der Waals surface area contributed by atoms with Crippen LogP contribution in [0.5, 0.6) is 0 Å². The summed E-state index contributed by atoms with van der Waals surface area (Å²) in [7, 11) is 0. The normalized spacial score (nSPS) is 33.6. The summed E-state index contributed by atoms with van der Waals surface area (Å²) < 4.78 is 7.56. The van der Waals surface area contributed by atoms with Crippen LogP contribution in [0, 0.1) is 11.8 Å². The topological polar surface area (TPSA) is 59.4 Å². The lowest BCUT2D eigenvalue weighted by molar-refractivity contribution is -0.140. The minimum absolute atomic E-state index is 0.160. The van der Waals surface area contributed by atoms with Crippen molar-refractivity contribution >= 4 is 23.0 Å².